The molecule has 0 bridgehead atoms. The molecule has 1 aliphatic rings. The third kappa shape index (κ3) is 3.30. The van der Waals surface area contributed by atoms with Crippen LogP contribution in [0.25, 0.3) is 0 Å². The molecule has 0 unspecified atom stereocenters. The van der Waals surface area contributed by atoms with Crippen molar-refractivity contribution in [3.05, 3.63) is 29.3 Å². The van der Waals surface area contributed by atoms with Gasteiger partial charge in [-0.05, 0) is 12.1 Å². The third-order valence-corrected chi connectivity index (χ3v) is 2.86. The molecule has 1 saturated heterocycles. The number of carbonyl (C=O) groups excluding carboxylic acids is 2. The molecule has 1 heterocycles. The summed E-state index contributed by atoms with van der Waals surface area (Å²) in [6, 6.07) is 1.70. The van der Waals surface area contributed by atoms with Crippen molar-refractivity contribution in [3.8, 4) is 5.75 Å². The molecule has 108 valence electrons. The third-order valence-electron chi connectivity index (χ3n) is 2.86. The fourth-order valence-corrected chi connectivity index (χ4v) is 1.82. The monoisotopic (exact) mass is 285 g/mol. The zero-order valence-electron chi connectivity index (χ0n) is 10.6. The first kappa shape index (κ1) is 14.4. The number of benzene rings is 1. The Kier molecular flexibility index (Phi) is 4.62. The van der Waals surface area contributed by atoms with Gasteiger partial charge in [0, 0.05) is 18.7 Å². The normalized spacial score (nSPS) is 15.0. The number of aldehydes is 1. The SMILES string of the molecule is O=Cc1cc(F)c(OCC(=O)N2CCOCC2)c(F)c1. The molecule has 1 aromatic rings. The topological polar surface area (TPSA) is 55.8 Å². The maximum absolute atomic E-state index is 13.5. The Morgan fingerprint density at radius 2 is 1.90 bits per heavy atom. The molecule has 0 aliphatic carbocycles. The lowest BCUT2D eigenvalue weighted by molar-refractivity contribution is -0.137. The molecule has 7 heteroatoms. The van der Waals surface area contributed by atoms with Gasteiger partial charge in [0.1, 0.15) is 6.29 Å². The maximum atomic E-state index is 13.5. The molecule has 0 radical (unpaired) electrons. The van der Waals surface area contributed by atoms with Crippen LogP contribution in [0.5, 0.6) is 5.75 Å². The summed E-state index contributed by atoms with van der Waals surface area (Å²) in [5.41, 5.74) is -0.133. The molecule has 1 aliphatic heterocycles. The predicted octanol–water partition coefficient (Wildman–Crippen LogP) is 1.01. The molecular formula is C13H13F2NO4. The average molecular weight is 285 g/mol. The zero-order chi connectivity index (χ0) is 14.5. The quantitative estimate of drug-likeness (QED) is 0.775. The molecule has 1 aromatic carbocycles. The number of morpholine rings is 1. The van der Waals surface area contributed by atoms with Gasteiger partial charge in [0.05, 0.1) is 13.2 Å². The van der Waals surface area contributed by atoms with E-state index in [1.54, 1.807) is 0 Å². The van der Waals surface area contributed by atoms with Crippen LogP contribution >= 0.6 is 0 Å². The Hall–Kier alpha value is -2.02. The number of nitrogens with zero attached hydrogens (tertiary/aromatic N) is 1. The van der Waals surface area contributed by atoms with E-state index in [0.717, 1.165) is 12.1 Å². The number of amides is 1. The van der Waals surface area contributed by atoms with Crippen molar-refractivity contribution in [2.75, 3.05) is 32.9 Å². The number of ether oxygens (including phenoxy) is 2. The molecule has 0 saturated carbocycles. The molecule has 5 nitrogen and oxygen atoms in total. The van der Waals surface area contributed by atoms with E-state index in [1.165, 1.54) is 4.90 Å². The standard InChI is InChI=1S/C13H13F2NO4/c14-10-5-9(7-17)6-11(15)13(10)20-8-12(18)16-1-3-19-4-2-16/h5-7H,1-4,8H2. The number of hydrogen-bond donors (Lipinski definition) is 0. The van der Waals surface area contributed by atoms with E-state index in [9.17, 15) is 18.4 Å². The first-order chi connectivity index (χ1) is 9.61. The lowest BCUT2D eigenvalue weighted by atomic mass is 10.2. The number of rotatable bonds is 4. The Morgan fingerprint density at radius 1 is 1.30 bits per heavy atom. The van der Waals surface area contributed by atoms with E-state index in [-0.39, 0.29) is 11.5 Å². The summed E-state index contributed by atoms with van der Waals surface area (Å²) in [6.07, 6.45) is 0.328. The van der Waals surface area contributed by atoms with E-state index in [4.69, 9.17) is 9.47 Å². The van der Waals surface area contributed by atoms with Gasteiger partial charge in [-0.25, -0.2) is 8.78 Å². The lowest BCUT2D eigenvalue weighted by Crippen LogP contribution is -2.43. The number of hydrogen-bond acceptors (Lipinski definition) is 4. The molecule has 0 aromatic heterocycles. The van der Waals surface area contributed by atoms with Crippen molar-refractivity contribution in [3.63, 3.8) is 0 Å². The summed E-state index contributed by atoms with van der Waals surface area (Å²) in [5, 5.41) is 0. The van der Waals surface area contributed by atoms with Gasteiger partial charge in [0.2, 0.25) is 0 Å². The molecule has 0 atom stereocenters. The summed E-state index contributed by atoms with van der Waals surface area (Å²) in [7, 11) is 0. The van der Waals surface area contributed by atoms with Crippen LogP contribution in [0, 0.1) is 11.6 Å². The maximum Gasteiger partial charge on any atom is 0.260 e. The molecule has 0 spiro atoms. The Labute approximate surface area is 114 Å². The predicted molar refractivity (Wildman–Crippen MR) is 64.6 cm³/mol. The summed E-state index contributed by atoms with van der Waals surface area (Å²) in [4.78, 5) is 23.7. The fraction of sp³-hybridized carbons (Fsp3) is 0.385. The highest BCUT2D eigenvalue weighted by atomic mass is 19.1. The molecule has 2 rings (SSSR count). The van der Waals surface area contributed by atoms with Crippen LogP contribution in [0.4, 0.5) is 8.78 Å². The highest BCUT2D eigenvalue weighted by Gasteiger charge is 2.19. The van der Waals surface area contributed by atoms with Crippen molar-refractivity contribution >= 4 is 12.2 Å². The minimum atomic E-state index is -1.01. The van der Waals surface area contributed by atoms with Crippen molar-refractivity contribution in [1.82, 2.24) is 4.90 Å². The molecular weight excluding hydrogens is 272 g/mol. The van der Waals surface area contributed by atoms with Crippen LogP contribution < -0.4 is 4.74 Å². The highest BCUT2D eigenvalue weighted by Crippen LogP contribution is 2.22. The van der Waals surface area contributed by atoms with Crippen LogP contribution in [0.3, 0.4) is 0 Å². The van der Waals surface area contributed by atoms with Crippen molar-refractivity contribution in [2.45, 2.75) is 0 Å². The molecule has 0 N–H and O–H groups in total. The van der Waals surface area contributed by atoms with Gasteiger partial charge in [0.15, 0.2) is 24.0 Å². The van der Waals surface area contributed by atoms with Gasteiger partial charge in [-0.15, -0.1) is 0 Å². The minimum absolute atomic E-state index is 0.133. The van der Waals surface area contributed by atoms with Gasteiger partial charge in [-0.2, -0.15) is 0 Å². The van der Waals surface area contributed by atoms with Gasteiger partial charge in [-0.3, -0.25) is 9.59 Å². The van der Waals surface area contributed by atoms with Crippen LogP contribution in [0.15, 0.2) is 12.1 Å². The Morgan fingerprint density at radius 3 is 2.45 bits per heavy atom. The van der Waals surface area contributed by atoms with Crippen LogP contribution in [-0.4, -0.2) is 50.0 Å². The smallest absolute Gasteiger partial charge is 0.260 e. The first-order valence-electron chi connectivity index (χ1n) is 6.04. The van der Waals surface area contributed by atoms with Gasteiger partial charge in [-0.1, -0.05) is 0 Å². The van der Waals surface area contributed by atoms with Crippen molar-refractivity contribution in [2.24, 2.45) is 0 Å². The van der Waals surface area contributed by atoms with Crippen molar-refractivity contribution in [1.29, 1.82) is 0 Å². The number of halogens is 2. The second kappa shape index (κ2) is 6.42. The fourth-order valence-electron chi connectivity index (χ4n) is 1.82. The van der Waals surface area contributed by atoms with Gasteiger partial charge < -0.3 is 14.4 Å². The second-order valence-corrected chi connectivity index (χ2v) is 4.21. The van der Waals surface area contributed by atoms with E-state index < -0.39 is 24.0 Å². The first-order valence-corrected chi connectivity index (χ1v) is 6.04. The van der Waals surface area contributed by atoms with Gasteiger partial charge in [0.25, 0.3) is 5.91 Å². The van der Waals surface area contributed by atoms with Gasteiger partial charge >= 0.3 is 0 Å². The summed E-state index contributed by atoms with van der Waals surface area (Å²) < 4.78 is 37.0. The van der Waals surface area contributed by atoms with Crippen LogP contribution in [0.1, 0.15) is 10.4 Å². The Bertz CT molecular complexity index is 492. The van der Waals surface area contributed by atoms with E-state index in [1.807, 2.05) is 0 Å². The molecule has 1 amide bonds. The van der Waals surface area contributed by atoms with E-state index in [2.05, 4.69) is 0 Å². The number of carbonyl (C=O) groups is 2. The Balaban J connectivity index is 2.00. The average Bonchev–Trinajstić information content (AvgIpc) is 2.46. The van der Waals surface area contributed by atoms with Crippen molar-refractivity contribution < 1.29 is 27.8 Å². The molecule has 1 fully saturated rings. The highest BCUT2D eigenvalue weighted by molar-refractivity contribution is 5.78. The molecule has 20 heavy (non-hydrogen) atoms. The second-order valence-electron chi connectivity index (χ2n) is 4.21. The van der Waals surface area contributed by atoms with E-state index >= 15 is 0 Å². The zero-order valence-corrected chi connectivity index (χ0v) is 10.6. The lowest BCUT2D eigenvalue weighted by Gasteiger charge is -2.26. The van der Waals surface area contributed by atoms with E-state index in [0.29, 0.717) is 32.6 Å². The van der Waals surface area contributed by atoms with Crippen LogP contribution in [-0.2, 0) is 9.53 Å². The summed E-state index contributed by atoms with van der Waals surface area (Å²) in [6.45, 7) is 1.26. The minimum Gasteiger partial charge on any atom is -0.478 e. The summed E-state index contributed by atoms with van der Waals surface area (Å²) in [5.74, 6) is -3.05. The summed E-state index contributed by atoms with van der Waals surface area (Å²) >= 11 is 0. The van der Waals surface area contributed by atoms with Crippen LogP contribution in [0.2, 0.25) is 0 Å². The largest absolute Gasteiger partial charge is 0.478 e.